The van der Waals surface area contributed by atoms with E-state index < -0.39 is 21.9 Å². The number of amides is 1. The maximum absolute atomic E-state index is 13.1. The number of hydrogen-bond acceptors (Lipinski definition) is 4. The number of benzene rings is 2. The van der Waals surface area contributed by atoms with Gasteiger partial charge in [-0.1, -0.05) is 30.3 Å². The van der Waals surface area contributed by atoms with Crippen LogP contribution >= 0.6 is 11.8 Å². The molecule has 0 unspecified atom stereocenters. The lowest BCUT2D eigenvalue weighted by Gasteiger charge is -2.23. The van der Waals surface area contributed by atoms with Gasteiger partial charge in [0.15, 0.2) is 0 Å². The summed E-state index contributed by atoms with van der Waals surface area (Å²) in [5.74, 6) is 0.842. The first kappa shape index (κ1) is 20.8. The van der Waals surface area contributed by atoms with Gasteiger partial charge in [0.1, 0.15) is 11.9 Å². The average Bonchev–Trinajstić information content (AvgIpc) is 3.20. The molecule has 1 atom stereocenters. The molecule has 0 spiro atoms. The van der Waals surface area contributed by atoms with Gasteiger partial charge in [0.2, 0.25) is 15.9 Å². The van der Waals surface area contributed by atoms with Gasteiger partial charge in [-0.05, 0) is 42.7 Å². The molecule has 1 heterocycles. The highest BCUT2D eigenvalue weighted by molar-refractivity contribution is 7.98. The highest BCUT2D eigenvalue weighted by Crippen LogP contribution is 2.26. The van der Waals surface area contributed by atoms with Crippen LogP contribution in [0.5, 0.6) is 0 Å². The second kappa shape index (κ2) is 9.54. The zero-order valence-corrected chi connectivity index (χ0v) is 17.0. The molecule has 8 heteroatoms. The van der Waals surface area contributed by atoms with Gasteiger partial charge in [-0.15, -0.1) is 0 Å². The lowest BCUT2D eigenvalue weighted by atomic mass is 10.2. The minimum absolute atomic E-state index is 0.00650. The van der Waals surface area contributed by atoms with E-state index in [0.717, 1.165) is 23.6 Å². The maximum atomic E-state index is 13.1. The molecule has 1 N–H and O–H groups in total. The predicted molar refractivity (Wildman–Crippen MR) is 109 cm³/mol. The van der Waals surface area contributed by atoms with Crippen molar-refractivity contribution < 1.29 is 17.6 Å². The summed E-state index contributed by atoms with van der Waals surface area (Å²) in [6.45, 7) is 0.776. The molecule has 1 saturated heterocycles. The van der Waals surface area contributed by atoms with Gasteiger partial charge in [0, 0.05) is 24.6 Å². The summed E-state index contributed by atoms with van der Waals surface area (Å²) in [5, 5.41) is 2.85. The molecule has 0 aromatic heterocycles. The quantitative estimate of drug-likeness (QED) is 0.664. The Balaban J connectivity index is 1.52. The molecule has 2 aromatic carbocycles. The molecule has 5 nitrogen and oxygen atoms in total. The van der Waals surface area contributed by atoms with Gasteiger partial charge in [0.05, 0.1) is 4.90 Å². The minimum atomic E-state index is -3.82. The van der Waals surface area contributed by atoms with E-state index in [-0.39, 0.29) is 10.8 Å². The second-order valence-electron chi connectivity index (χ2n) is 6.56. The number of nitrogens with one attached hydrogen (secondary N) is 1. The monoisotopic (exact) mass is 422 g/mol. The topological polar surface area (TPSA) is 66.5 Å². The van der Waals surface area contributed by atoms with Crippen LogP contribution in [0.3, 0.4) is 0 Å². The van der Waals surface area contributed by atoms with Gasteiger partial charge in [0.25, 0.3) is 0 Å². The van der Waals surface area contributed by atoms with Crippen molar-refractivity contribution in [2.45, 2.75) is 29.5 Å². The molecule has 2 aromatic rings. The van der Waals surface area contributed by atoms with E-state index in [1.165, 1.54) is 22.0 Å². The minimum Gasteiger partial charge on any atom is -0.354 e. The highest BCUT2D eigenvalue weighted by Gasteiger charge is 2.39. The Labute approximate surface area is 169 Å². The SMILES string of the molecule is O=C(NCCSCc1ccccc1)[C@H]1CCCN1S(=O)(=O)c1ccc(F)cc1. The summed E-state index contributed by atoms with van der Waals surface area (Å²) >= 11 is 1.71. The van der Waals surface area contributed by atoms with E-state index >= 15 is 0 Å². The summed E-state index contributed by atoms with van der Waals surface area (Å²) in [6, 6.07) is 14.1. The van der Waals surface area contributed by atoms with Crippen LogP contribution in [0, 0.1) is 5.82 Å². The van der Waals surface area contributed by atoms with Crippen LogP contribution in [-0.2, 0) is 20.6 Å². The van der Waals surface area contributed by atoms with Crippen LogP contribution < -0.4 is 5.32 Å². The van der Waals surface area contributed by atoms with Crippen molar-refractivity contribution in [3.05, 3.63) is 66.0 Å². The first-order valence-corrected chi connectivity index (χ1v) is 11.7. The van der Waals surface area contributed by atoms with E-state index in [0.29, 0.717) is 25.9 Å². The first-order chi connectivity index (χ1) is 13.5. The Morgan fingerprint density at radius 1 is 1.14 bits per heavy atom. The van der Waals surface area contributed by atoms with Gasteiger partial charge in [-0.3, -0.25) is 4.79 Å². The standard InChI is InChI=1S/C20H23FN2O3S2/c21-17-8-10-18(11-9-17)28(25,26)23-13-4-7-19(23)20(24)22-12-14-27-15-16-5-2-1-3-6-16/h1-3,5-6,8-11,19H,4,7,12-15H2,(H,22,24)/t19-/m1/s1. The van der Waals surface area contributed by atoms with Gasteiger partial charge < -0.3 is 5.32 Å². The van der Waals surface area contributed by atoms with E-state index in [9.17, 15) is 17.6 Å². The van der Waals surface area contributed by atoms with Crippen molar-refractivity contribution in [2.75, 3.05) is 18.8 Å². The molecular weight excluding hydrogens is 399 g/mol. The predicted octanol–water partition coefficient (Wildman–Crippen LogP) is 3.03. The summed E-state index contributed by atoms with van der Waals surface area (Å²) in [5.41, 5.74) is 1.23. The number of carbonyl (C=O) groups is 1. The Kier molecular flexibility index (Phi) is 7.09. The molecule has 150 valence electrons. The average molecular weight is 423 g/mol. The molecule has 0 radical (unpaired) electrons. The highest BCUT2D eigenvalue weighted by atomic mass is 32.2. The molecule has 1 fully saturated rings. The van der Waals surface area contributed by atoms with Crippen molar-refractivity contribution in [1.29, 1.82) is 0 Å². The molecule has 0 aliphatic carbocycles. The Hall–Kier alpha value is -1.90. The second-order valence-corrected chi connectivity index (χ2v) is 9.55. The largest absolute Gasteiger partial charge is 0.354 e. The fourth-order valence-electron chi connectivity index (χ4n) is 3.16. The lowest BCUT2D eigenvalue weighted by molar-refractivity contribution is -0.124. The Bertz CT molecular complexity index is 889. The summed E-state index contributed by atoms with van der Waals surface area (Å²) in [7, 11) is -3.82. The number of sulfonamides is 1. The number of nitrogens with zero attached hydrogens (tertiary/aromatic N) is 1. The lowest BCUT2D eigenvalue weighted by Crippen LogP contribution is -2.46. The fraction of sp³-hybridized carbons (Fsp3) is 0.350. The molecular formula is C20H23FN2O3S2. The number of rotatable bonds is 8. The molecule has 1 aliphatic heterocycles. The molecule has 28 heavy (non-hydrogen) atoms. The van der Waals surface area contributed by atoms with Crippen molar-refractivity contribution in [3.8, 4) is 0 Å². The third-order valence-electron chi connectivity index (χ3n) is 4.58. The molecule has 1 amide bonds. The summed E-state index contributed by atoms with van der Waals surface area (Å²) < 4.78 is 39.9. The third-order valence-corrected chi connectivity index (χ3v) is 7.54. The van der Waals surface area contributed by atoms with Gasteiger partial charge in [-0.25, -0.2) is 12.8 Å². The van der Waals surface area contributed by atoms with Crippen LogP contribution in [0.2, 0.25) is 0 Å². The van der Waals surface area contributed by atoms with E-state index in [4.69, 9.17) is 0 Å². The Morgan fingerprint density at radius 2 is 1.86 bits per heavy atom. The number of hydrogen-bond donors (Lipinski definition) is 1. The van der Waals surface area contributed by atoms with Gasteiger partial charge >= 0.3 is 0 Å². The number of thioether (sulfide) groups is 1. The first-order valence-electron chi connectivity index (χ1n) is 9.15. The van der Waals surface area contributed by atoms with Crippen molar-refractivity contribution >= 4 is 27.7 Å². The molecule has 0 saturated carbocycles. The zero-order valence-electron chi connectivity index (χ0n) is 15.4. The van der Waals surface area contributed by atoms with Crippen LogP contribution in [-0.4, -0.2) is 43.5 Å². The van der Waals surface area contributed by atoms with Crippen LogP contribution in [0.1, 0.15) is 18.4 Å². The van der Waals surface area contributed by atoms with Crippen LogP contribution in [0.15, 0.2) is 59.5 Å². The maximum Gasteiger partial charge on any atom is 0.243 e. The smallest absolute Gasteiger partial charge is 0.243 e. The molecule has 1 aliphatic rings. The third kappa shape index (κ3) is 5.12. The van der Waals surface area contributed by atoms with Crippen molar-refractivity contribution in [3.63, 3.8) is 0 Å². The van der Waals surface area contributed by atoms with E-state index in [1.54, 1.807) is 11.8 Å². The van der Waals surface area contributed by atoms with E-state index in [2.05, 4.69) is 17.4 Å². The van der Waals surface area contributed by atoms with Crippen molar-refractivity contribution in [1.82, 2.24) is 9.62 Å². The van der Waals surface area contributed by atoms with E-state index in [1.807, 2.05) is 18.2 Å². The van der Waals surface area contributed by atoms with Crippen LogP contribution in [0.25, 0.3) is 0 Å². The van der Waals surface area contributed by atoms with Gasteiger partial charge in [-0.2, -0.15) is 16.1 Å². The molecule has 3 rings (SSSR count). The molecule has 0 bridgehead atoms. The normalized spacial score (nSPS) is 17.5. The summed E-state index contributed by atoms with van der Waals surface area (Å²) in [6.07, 6.45) is 1.12. The Morgan fingerprint density at radius 3 is 2.57 bits per heavy atom. The number of carbonyl (C=O) groups excluding carboxylic acids is 1. The number of halogens is 1. The summed E-state index contributed by atoms with van der Waals surface area (Å²) in [4.78, 5) is 12.5. The zero-order chi connectivity index (χ0) is 20.0. The van der Waals surface area contributed by atoms with Crippen molar-refractivity contribution in [2.24, 2.45) is 0 Å². The van der Waals surface area contributed by atoms with Crippen LogP contribution in [0.4, 0.5) is 4.39 Å². The fourth-order valence-corrected chi connectivity index (χ4v) is 5.64.